The second-order valence-electron chi connectivity index (χ2n) is 5.63. The van der Waals surface area contributed by atoms with E-state index in [1.807, 2.05) is 0 Å². The number of hydrogen-bond acceptors (Lipinski definition) is 2. The lowest BCUT2D eigenvalue weighted by molar-refractivity contribution is -0.166. The van der Waals surface area contributed by atoms with Gasteiger partial charge >= 0.3 is 5.97 Å². The average molecular weight is 195 g/mol. The van der Waals surface area contributed by atoms with Crippen LogP contribution in [0.25, 0.3) is 0 Å². The van der Waals surface area contributed by atoms with Crippen molar-refractivity contribution in [2.24, 2.45) is 28.9 Å². The lowest BCUT2D eigenvalue weighted by Crippen LogP contribution is -2.58. The normalized spacial score (nSPS) is 54.9. The van der Waals surface area contributed by atoms with E-state index in [1.54, 1.807) is 0 Å². The highest BCUT2D eigenvalue weighted by atomic mass is 16.4. The van der Waals surface area contributed by atoms with Crippen LogP contribution in [0, 0.1) is 23.2 Å². The molecule has 0 spiro atoms. The minimum Gasteiger partial charge on any atom is -0.481 e. The summed E-state index contributed by atoms with van der Waals surface area (Å²) in [5.74, 6) is 1.09. The van der Waals surface area contributed by atoms with E-state index in [0.29, 0.717) is 23.8 Å². The first-order valence-electron chi connectivity index (χ1n) is 5.60. The second-order valence-corrected chi connectivity index (χ2v) is 5.63. The molecule has 4 aliphatic rings. The van der Waals surface area contributed by atoms with Gasteiger partial charge in [0.1, 0.15) is 0 Å². The van der Waals surface area contributed by atoms with E-state index in [2.05, 4.69) is 0 Å². The summed E-state index contributed by atoms with van der Waals surface area (Å²) in [4.78, 5) is 11.3. The predicted molar refractivity (Wildman–Crippen MR) is 51.6 cm³/mol. The number of nitrogens with two attached hydrogens (primary N) is 1. The zero-order valence-corrected chi connectivity index (χ0v) is 8.28. The van der Waals surface area contributed by atoms with Crippen molar-refractivity contribution in [2.75, 3.05) is 0 Å². The maximum Gasteiger partial charge on any atom is 0.309 e. The Balaban J connectivity index is 1.96. The quantitative estimate of drug-likeness (QED) is 0.661. The molecule has 4 fully saturated rings. The number of carbonyl (C=O) groups is 1. The Morgan fingerprint density at radius 3 is 2.29 bits per heavy atom. The molecule has 3 N–H and O–H groups in total. The van der Waals surface area contributed by atoms with E-state index in [-0.39, 0.29) is 5.41 Å². The lowest BCUT2D eigenvalue weighted by atomic mass is 9.48. The molecular formula is C11H17NO2. The van der Waals surface area contributed by atoms with Gasteiger partial charge in [0.15, 0.2) is 0 Å². The summed E-state index contributed by atoms with van der Waals surface area (Å²) in [6.07, 6.45) is 4.98. The summed E-state index contributed by atoms with van der Waals surface area (Å²) in [5, 5.41) is 9.32. The zero-order chi connectivity index (χ0) is 9.92. The predicted octanol–water partition coefficient (Wildman–Crippen LogP) is 1.22. The van der Waals surface area contributed by atoms with Gasteiger partial charge in [-0.15, -0.1) is 0 Å². The highest BCUT2D eigenvalue weighted by Gasteiger charge is 2.57. The highest BCUT2D eigenvalue weighted by molar-refractivity contribution is 5.75. The second kappa shape index (κ2) is 2.51. The Kier molecular flexibility index (Phi) is 1.56. The average Bonchev–Trinajstić information content (AvgIpc) is 2.12. The van der Waals surface area contributed by atoms with Gasteiger partial charge in [-0.1, -0.05) is 0 Å². The molecule has 0 heterocycles. The molecule has 0 radical (unpaired) electrons. The van der Waals surface area contributed by atoms with Crippen LogP contribution in [0.3, 0.4) is 0 Å². The zero-order valence-electron chi connectivity index (χ0n) is 8.28. The molecule has 0 aromatic heterocycles. The third-order valence-electron chi connectivity index (χ3n) is 4.80. The van der Waals surface area contributed by atoms with Crippen LogP contribution < -0.4 is 5.73 Å². The number of rotatable bonds is 1. The van der Waals surface area contributed by atoms with Crippen molar-refractivity contribution >= 4 is 5.97 Å². The monoisotopic (exact) mass is 195 g/mol. The van der Waals surface area contributed by atoms with Crippen LogP contribution in [0.15, 0.2) is 0 Å². The summed E-state index contributed by atoms with van der Waals surface area (Å²) >= 11 is 0. The van der Waals surface area contributed by atoms with E-state index < -0.39 is 5.97 Å². The molecule has 14 heavy (non-hydrogen) atoms. The summed E-state index contributed by atoms with van der Waals surface area (Å²) in [5.41, 5.74) is 5.75. The van der Waals surface area contributed by atoms with Gasteiger partial charge in [-0.2, -0.15) is 0 Å². The summed E-state index contributed by atoms with van der Waals surface area (Å²) in [6.45, 7) is 0. The standard InChI is InChI=1S/C11H17NO2/c12-9-7-1-6-2-8(9)5-11(3-6,4-7)10(13)14/h6-9H,1-5,12H2,(H,13,14). The van der Waals surface area contributed by atoms with Gasteiger partial charge in [-0.05, 0) is 49.9 Å². The van der Waals surface area contributed by atoms with Gasteiger partial charge in [0.25, 0.3) is 0 Å². The summed E-state index contributed by atoms with van der Waals surface area (Å²) in [7, 11) is 0. The van der Waals surface area contributed by atoms with Crippen molar-refractivity contribution < 1.29 is 9.90 Å². The third-order valence-corrected chi connectivity index (χ3v) is 4.80. The van der Waals surface area contributed by atoms with Gasteiger partial charge < -0.3 is 10.8 Å². The first kappa shape index (κ1) is 8.72. The Bertz CT molecular complexity index is 273. The first-order chi connectivity index (χ1) is 6.61. The molecule has 0 amide bonds. The van der Waals surface area contributed by atoms with Crippen molar-refractivity contribution in [1.82, 2.24) is 0 Å². The van der Waals surface area contributed by atoms with Gasteiger partial charge in [0.2, 0.25) is 0 Å². The molecule has 4 saturated carbocycles. The molecule has 0 aliphatic heterocycles. The van der Waals surface area contributed by atoms with Gasteiger partial charge in [-0.3, -0.25) is 4.79 Å². The smallest absolute Gasteiger partial charge is 0.309 e. The van der Waals surface area contributed by atoms with Crippen LogP contribution in [-0.2, 0) is 4.79 Å². The molecule has 78 valence electrons. The Labute approximate surface area is 83.7 Å². The molecule has 0 aromatic carbocycles. The van der Waals surface area contributed by atoms with Crippen molar-refractivity contribution in [1.29, 1.82) is 0 Å². The number of hydrogen-bond donors (Lipinski definition) is 2. The van der Waals surface area contributed by atoms with Crippen molar-refractivity contribution in [2.45, 2.75) is 38.1 Å². The molecule has 2 atom stereocenters. The minimum absolute atomic E-state index is 0.291. The topological polar surface area (TPSA) is 63.3 Å². The van der Waals surface area contributed by atoms with Gasteiger partial charge in [-0.25, -0.2) is 0 Å². The molecule has 0 saturated heterocycles. The van der Waals surface area contributed by atoms with Crippen molar-refractivity contribution in [3.05, 3.63) is 0 Å². The highest BCUT2D eigenvalue weighted by Crippen LogP contribution is 2.59. The minimum atomic E-state index is -0.566. The van der Waals surface area contributed by atoms with E-state index >= 15 is 0 Å². The third kappa shape index (κ3) is 0.937. The summed E-state index contributed by atoms with van der Waals surface area (Å²) in [6, 6.07) is 0.291. The number of carboxylic acid groups (broad SMARTS) is 1. The van der Waals surface area contributed by atoms with Crippen molar-refractivity contribution in [3.8, 4) is 0 Å². The van der Waals surface area contributed by atoms with Crippen LogP contribution in [0.2, 0.25) is 0 Å². The van der Waals surface area contributed by atoms with Crippen LogP contribution in [0.1, 0.15) is 32.1 Å². The van der Waals surface area contributed by atoms with Crippen LogP contribution in [-0.4, -0.2) is 17.1 Å². The largest absolute Gasteiger partial charge is 0.481 e. The van der Waals surface area contributed by atoms with E-state index in [9.17, 15) is 9.90 Å². The molecule has 4 rings (SSSR count). The van der Waals surface area contributed by atoms with E-state index in [4.69, 9.17) is 5.73 Å². The molecule has 4 aliphatic carbocycles. The fraction of sp³-hybridized carbons (Fsp3) is 0.909. The van der Waals surface area contributed by atoms with E-state index in [1.165, 1.54) is 12.8 Å². The van der Waals surface area contributed by atoms with Crippen LogP contribution >= 0.6 is 0 Å². The maximum atomic E-state index is 11.3. The molecule has 2 unspecified atom stereocenters. The molecule has 3 nitrogen and oxygen atoms in total. The molecule has 0 aromatic rings. The molecule has 4 bridgehead atoms. The fourth-order valence-electron chi connectivity index (χ4n) is 4.33. The van der Waals surface area contributed by atoms with Gasteiger partial charge in [0, 0.05) is 6.04 Å². The Hall–Kier alpha value is -0.570. The molecular weight excluding hydrogens is 178 g/mol. The fourth-order valence-corrected chi connectivity index (χ4v) is 4.33. The first-order valence-corrected chi connectivity index (χ1v) is 5.60. The van der Waals surface area contributed by atoms with Gasteiger partial charge in [0.05, 0.1) is 5.41 Å². The van der Waals surface area contributed by atoms with Crippen LogP contribution in [0.4, 0.5) is 0 Å². The lowest BCUT2D eigenvalue weighted by Gasteiger charge is -2.57. The SMILES string of the molecule is NC1C2CC3CC1CC(C(=O)O)(C3)C2. The van der Waals surface area contributed by atoms with E-state index in [0.717, 1.165) is 19.3 Å². The Morgan fingerprint density at radius 2 is 1.79 bits per heavy atom. The Morgan fingerprint density at radius 1 is 1.21 bits per heavy atom. The van der Waals surface area contributed by atoms with Crippen LogP contribution in [0.5, 0.6) is 0 Å². The summed E-state index contributed by atoms with van der Waals surface area (Å²) < 4.78 is 0. The van der Waals surface area contributed by atoms with Crippen molar-refractivity contribution in [3.63, 3.8) is 0 Å². The number of carboxylic acids is 1. The molecule has 3 heteroatoms. The number of aliphatic carboxylic acids is 1. The maximum absolute atomic E-state index is 11.3.